The van der Waals surface area contributed by atoms with Crippen LogP contribution in [0, 0.1) is 0 Å². The van der Waals surface area contributed by atoms with E-state index in [0.29, 0.717) is 0 Å². The highest BCUT2D eigenvalue weighted by Gasteiger charge is 2.42. The maximum atomic E-state index is 2.61. The average Bonchev–Trinajstić information content (AvgIpc) is 3.76. The molecule has 3 aliphatic heterocycles. The number of aryl methyl sites for hydroxylation is 1. The second kappa shape index (κ2) is 10.4. The van der Waals surface area contributed by atoms with Crippen LogP contribution >= 0.6 is 0 Å². The Morgan fingerprint density at radius 2 is 1.16 bits per heavy atom. The SMILES string of the molecule is CC1(C)c2ccccc2N(c2ccc(-c3cc4c5c(c3)-n3c6ccccc6c6cccc(c63)B5c3cccc5c6c(n-4c35)C=CCC6)cc2)c2ccccc21. The molecule has 0 fully saturated rings. The van der Waals surface area contributed by atoms with Gasteiger partial charge in [-0.1, -0.05) is 123 Å². The second-order valence-electron chi connectivity index (χ2n) is 16.4. The molecular weight excluding hydrogens is 665 g/mol. The van der Waals surface area contributed by atoms with Crippen LogP contribution in [0.5, 0.6) is 0 Å². The van der Waals surface area contributed by atoms with Gasteiger partial charge in [-0.3, -0.25) is 0 Å². The summed E-state index contributed by atoms with van der Waals surface area (Å²) in [4.78, 5) is 2.45. The van der Waals surface area contributed by atoms with Gasteiger partial charge in [-0.05, 0) is 106 Å². The van der Waals surface area contributed by atoms with Gasteiger partial charge in [-0.25, -0.2) is 0 Å². The van der Waals surface area contributed by atoms with E-state index in [-0.39, 0.29) is 12.1 Å². The number of anilines is 3. The third-order valence-electron chi connectivity index (χ3n) is 13.4. The van der Waals surface area contributed by atoms with Crippen molar-refractivity contribution in [3.05, 3.63) is 174 Å². The molecular formula is C51H36BN3. The quantitative estimate of drug-likeness (QED) is 0.164. The van der Waals surface area contributed by atoms with Crippen LogP contribution < -0.4 is 21.3 Å². The lowest BCUT2D eigenvalue weighted by Gasteiger charge is -2.42. The molecule has 5 heterocycles. The molecule has 3 nitrogen and oxygen atoms in total. The normalized spacial score (nSPS) is 15.3. The Labute approximate surface area is 320 Å². The second-order valence-corrected chi connectivity index (χ2v) is 16.4. The van der Waals surface area contributed by atoms with Gasteiger partial charge >= 0.3 is 0 Å². The fourth-order valence-electron chi connectivity index (χ4n) is 11.0. The van der Waals surface area contributed by atoms with Crippen LogP contribution in [-0.4, -0.2) is 15.8 Å². The summed E-state index contributed by atoms with van der Waals surface area (Å²) in [5.41, 5.74) is 22.4. The van der Waals surface area contributed by atoms with Crippen LogP contribution in [0.4, 0.5) is 17.1 Å². The van der Waals surface area contributed by atoms with Gasteiger partial charge in [-0.15, -0.1) is 0 Å². The zero-order valence-corrected chi connectivity index (χ0v) is 30.8. The topological polar surface area (TPSA) is 13.1 Å². The summed E-state index contributed by atoms with van der Waals surface area (Å²) in [5.74, 6) is 0. The van der Waals surface area contributed by atoms with E-state index in [4.69, 9.17) is 0 Å². The number of rotatable bonds is 2. The van der Waals surface area contributed by atoms with E-state index in [2.05, 4.69) is 186 Å². The van der Waals surface area contributed by atoms with Crippen LogP contribution in [0.2, 0.25) is 0 Å². The van der Waals surface area contributed by atoms with E-state index in [1.54, 1.807) is 0 Å². The molecule has 0 saturated heterocycles. The minimum Gasteiger partial charge on any atom is -0.311 e. The molecule has 0 amide bonds. The first kappa shape index (κ1) is 29.9. The lowest BCUT2D eigenvalue weighted by atomic mass is 9.34. The molecule has 0 saturated carbocycles. The molecule has 0 unspecified atom stereocenters. The monoisotopic (exact) mass is 701 g/mol. The summed E-state index contributed by atoms with van der Waals surface area (Å²) in [5, 5.41) is 4.04. The van der Waals surface area contributed by atoms with Crippen molar-refractivity contribution < 1.29 is 0 Å². The fourth-order valence-corrected chi connectivity index (χ4v) is 11.0. The van der Waals surface area contributed by atoms with Gasteiger partial charge in [0.1, 0.15) is 0 Å². The number of allylic oxidation sites excluding steroid dienone is 1. The molecule has 0 N–H and O–H groups in total. The molecule has 1 aliphatic carbocycles. The van der Waals surface area contributed by atoms with E-state index >= 15 is 0 Å². The summed E-state index contributed by atoms with van der Waals surface area (Å²) >= 11 is 0. The molecule has 2 aromatic heterocycles. The van der Waals surface area contributed by atoms with Crippen LogP contribution in [0.3, 0.4) is 0 Å². The molecule has 7 aromatic carbocycles. The maximum Gasteiger partial charge on any atom is 0.252 e. The summed E-state index contributed by atoms with van der Waals surface area (Å²) in [6.45, 7) is 4.85. The largest absolute Gasteiger partial charge is 0.311 e. The number of nitrogens with zero attached hydrogens (tertiary/aromatic N) is 3. The van der Waals surface area contributed by atoms with E-state index in [0.717, 1.165) is 12.8 Å². The highest BCUT2D eigenvalue weighted by atomic mass is 15.2. The van der Waals surface area contributed by atoms with E-state index < -0.39 is 0 Å². The first-order valence-corrected chi connectivity index (χ1v) is 19.7. The highest BCUT2D eigenvalue weighted by molar-refractivity contribution is 7.00. The van der Waals surface area contributed by atoms with Crippen molar-refractivity contribution in [1.82, 2.24) is 9.13 Å². The lowest BCUT2D eigenvalue weighted by molar-refractivity contribution is 0.632. The van der Waals surface area contributed by atoms with E-state index in [1.807, 2.05) is 0 Å². The van der Waals surface area contributed by atoms with Crippen molar-refractivity contribution in [1.29, 1.82) is 0 Å². The van der Waals surface area contributed by atoms with Crippen molar-refractivity contribution in [3.8, 4) is 22.5 Å². The van der Waals surface area contributed by atoms with Gasteiger partial charge in [0.2, 0.25) is 0 Å². The molecule has 9 aromatic rings. The standard InChI is InChI=1S/C51H36BN3/c1-51(2)38-17-5-9-23-44(38)53(45-24-10-6-18-39(45)51)33-27-25-31(26-28-33)32-29-46-48-47(30-32)55-43-22-8-4-14-35(43)37-16-12-20-41(50(37)55)52(48)40-19-11-15-36-34-13-3-7-21-42(34)54(46)49(36)40/h3,5-13,15-30H,4,14H2,1-2H3. The van der Waals surface area contributed by atoms with E-state index in [9.17, 15) is 0 Å². The predicted molar refractivity (Wildman–Crippen MR) is 232 cm³/mol. The van der Waals surface area contributed by atoms with Crippen molar-refractivity contribution in [2.24, 2.45) is 0 Å². The van der Waals surface area contributed by atoms with Gasteiger partial charge in [0, 0.05) is 55.4 Å². The number of aromatic nitrogens is 2. The van der Waals surface area contributed by atoms with Crippen LogP contribution in [0.25, 0.3) is 61.3 Å². The minimum atomic E-state index is -0.0877. The predicted octanol–water partition coefficient (Wildman–Crippen LogP) is 10.6. The zero-order valence-electron chi connectivity index (χ0n) is 30.8. The van der Waals surface area contributed by atoms with Crippen LogP contribution in [-0.2, 0) is 11.8 Å². The molecule has 55 heavy (non-hydrogen) atoms. The van der Waals surface area contributed by atoms with Gasteiger partial charge < -0.3 is 14.0 Å². The highest BCUT2D eigenvalue weighted by Crippen LogP contribution is 2.52. The summed E-state index contributed by atoms with van der Waals surface area (Å²) in [6, 6.07) is 55.1. The third-order valence-corrected chi connectivity index (χ3v) is 13.4. The Hall–Kier alpha value is -6.52. The van der Waals surface area contributed by atoms with Gasteiger partial charge in [0.15, 0.2) is 0 Å². The summed E-state index contributed by atoms with van der Waals surface area (Å²) in [7, 11) is 0. The molecule has 0 bridgehead atoms. The summed E-state index contributed by atoms with van der Waals surface area (Å²) < 4.78 is 5.19. The minimum absolute atomic E-state index is 0.0877. The number of hydrogen-bond donors (Lipinski definition) is 0. The first-order chi connectivity index (χ1) is 27.1. The molecule has 0 spiro atoms. The van der Waals surface area contributed by atoms with Crippen LogP contribution in [0.15, 0.2) is 152 Å². The van der Waals surface area contributed by atoms with Crippen LogP contribution in [0.1, 0.15) is 42.7 Å². The molecule has 0 atom stereocenters. The zero-order chi connectivity index (χ0) is 36.2. The van der Waals surface area contributed by atoms with Gasteiger partial charge in [0.25, 0.3) is 6.71 Å². The Kier molecular flexibility index (Phi) is 5.63. The number of hydrogen-bond acceptors (Lipinski definition) is 1. The molecule has 0 radical (unpaired) electrons. The lowest BCUT2D eigenvalue weighted by Crippen LogP contribution is -2.59. The first-order valence-electron chi connectivity index (χ1n) is 19.7. The average molecular weight is 702 g/mol. The Balaban J connectivity index is 1.07. The third kappa shape index (κ3) is 3.68. The molecule has 13 rings (SSSR count). The van der Waals surface area contributed by atoms with Crippen molar-refractivity contribution in [3.63, 3.8) is 0 Å². The van der Waals surface area contributed by atoms with Gasteiger partial charge in [-0.2, -0.15) is 0 Å². The summed E-state index contributed by atoms with van der Waals surface area (Å²) in [6.07, 6.45) is 6.91. The van der Waals surface area contributed by atoms with Crippen molar-refractivity contribution >= 4 is 78.9 Å². The Bertz CT molecular complexity index is 3140. The Morgan fingerprint density at radius 3 is 1.91 bits per heavy atom. The molecule has 4 aliphatic rings. The van der Waals surface area contributed by atoms with Crippen molar-refractivity contribution in [2.75, 3.05) is 4.90 Å². The number of para-hydroxylation sites is 5. The maximum absolute atomic E-state index is 2.61. The van der Waals surface area contributed by atoms with Gasteiger partial charge in [0.05, 0.1) is 16.9 Å². The van der Waals surface area contributed by atoms with E-state index in [1.165, 1.54) is 111 Å². The number of benzene rings is 7. The smallest absolute Gasteiger partial charge is 0.252 e. The molecule has 258 valence electrons. The molecule has 4 heteroatoms. The Morgan fingerprint density at radius 1 is 0.545 bits per heavy atom. The fraction of sp³-hybridized carbons (Fsp3) is 0.0980. The van der Waals surface area contributed by atoms with Crippen molar-refractivity contribution in [2.45, 2.75) is 32.1 Å². The number of fused-ring (bicyclic) bond motifs is 12.